The van der Waals surface area contributed by atoms with E-state index in [2.05, 4.69) is 13.0 Å². The van der Waals surface area contributed by atoms with E-state index >= 15 is 0 Å². The molecule has 0 heterocycles. The van der Waals surface area contributed by atoms with Gasteiger partial charge in [0.05, 0.1) is 0 Å². The van der Waals surface area contributed by atoms with Crippen LogP contribution in [0.1, 0.15) is 46.5 Å². The highest BCUT2D eigenvalue weighted by atomic mass is 16.5. The molecule has 82 valence electrons. The molecule has 0 aromatic carbocycles. The van der Waals surface area contributed by atoms with E-state index in [1.807, 2.05) is 19.9 Å². The number of esters is 1. The van der Waals surface area contributed by atoms with Gasteiger partial charge in [-0.2, -0.15) is 0 Å². The zero-order valence-electron chi connectivity index (χ0n) is 9.58. The maximum Gasteiger partial charge on any atom is 0.306 e. The average molecular weight is 198 g/mol. The molecule has 0 fully saturated rings. The minimum Gasteiger partial charge on any atom is -0.461 e. The Bertz CT molecular complexity index is 171. The van der Waals surface area contributed by atoms with Gasteiger partial charge in [0.1, 0.15) is 6.61 Å². The third-order valence-corrected chi connectivity index (χ3v) is 1.81. The Kier molecular flexibility index (Phi) is 8.30. The van der Waals surface area contributed by atoms with Crippen molar-refractivity contribution in [2.24, 2.45) is 5.92 Å². The van der Waals surface area contributed by atoms with Gasteiger partial charge in [0.15, 0.2) is 0 Å². The van der Waals surface area contributed by atoms with Crippen LogP contribution in [0.25, 0.3) is 0 Å². The van der Waals surface area contributed by atoms with Crippen LogP contribution in [-0.2, 0) is 9.53 Å². The van der Waals surface area contributed by atoms with E-state index in [0.29, 0.717) is 18.9 Å². The van der Waals surface area contributed by atoms with E-state index in [1.54, 1.807) is 0 Å². The van der Waals surface area contributed by atoms with Crippen LogP contribution < -0.4 is 0 Å². The Hall–Kier alpha value is -0.790. The van der Waals surface area contributed by atoms with Crippen LogP contribution in [0.15, 0.2) is 12.2 Å². The van der Waals surface area contributed by atoms with Gasteiger partial charge >= 0.3 is 5.97 Å². The van der Waals surface area contributed by atoms with Crippen molar-refractivity contribution >= 4 is 5.97 Å². The molecule has 0 rings (SSSR count). The van der Waals surface area contributed by atoms with Gasteiger partial charge in [-0.05, 0) is 12.3 Å². The Balaban J connectivity index is 3.34. The summed E-state index contributed by atoms with van der Waals surface area (Å²) in [6.45, 7) is 6.61. The Labute approximate surface area is 87.3 Å². The second-order valence-electron chi connectivity index (χ2n) is 3.89. The first-order chi connectivity index (χ1) is 6.66. The van der Waals surface area contributed by atoms with Crippen LogP contribution in [0.2, 0.25) is 0 Å². The second-order valence-corrected chi connectivity index (χ2v) is 3.89. The molecule has 0 bridgehead atoms. The van der Waals surface area contributed by atoms with Crippen LogP contribution in [0, 0.1) is 5.92 Å². The predicted octanol–water partition coefficient (Wildman–Crippen LogP) is 3.32. The Morgan fingerprint density at radius 1 is 1.36 bits per heavy atom. The SMILES string of the molecule is CCCC/C=C/COC(=O)CC(C)C. The quantitative estimate of drug-likeness (QED) is 0.356. The lowest BCUT2D eigenvalue weighted by Gasteiger charge is -2.03. The molecule has 0 aromatic heterocycles. The number of unbranched alkanes of at least 4 members (excludes halogenated alkanes) is 2. The summed E-state index contributed by atoms with van der Waals surface area (Å²) >= 11 is 0. The molecule has 2 nitrogen and oxygen atoms in total. The number of ether oxygens (including phenoxy) is 1. The monoisotopic (exact) mass is 198 g/mol. The van der Waals surface area contributed by atoms with Crippen molar-refractivity contribution in [2.45, 2.75) is 46.5 Å². The van der Waals surface area contributed by atoms with Crippen LogP contribution in [0.3, 0.4) is 0 Å². The van der Waals surface area contributed by atoms with Gasteiger partial charge in [0, 0.05) is 6.42 Å². The molecule has 0 amide bonds. The molecule has 0 aliphatic carbocycles. The van der Waals surface area contributed by atoms with Gasteiger partial charge in [0.25, 0.3) is 0 Å². The fourth-order valence-corrected chi connectivity index (χ4v) is 1.04. The first-order valence-electron chi connectivity index (χ1n) is 5.47. The molecule has 0 spiro atoms. The summed E-state index contributed by atoms with van der Waals surface area (Å²) < 4.78 is 5.01. The zero-order chi connectivity index (χ0) is 10.8. The first kappa shape index (κ1) is 13.2. The van der Waals surface area contributed by atoms with Gasteiger partial charge in [-0.1, -0.05) is 45.8 Å². The summed E-state index contributed by atoms with van der Waals surface area (Å²) in [5, 5.41) is 0. The van der Waals surface area contributed by atoms with Crippen LogP contribution >= 0.6 is 0 Å². The molecular formula is C12H22O2. The summed E-state index contributed by atoms with van der Waals surface area (Å²) in [6, 6.07) is 0. The van der Waals surface area contributed by atoms with Gasteiger partial charge in [-0.15, -0.1) is 0 Å². The lowest BCUT2D eigenvalue weighted by molar-refractivity contribution is -0.143. The Morgan fingerprint density at radius 3 is 2.64 bits per heavy atom. The molecule has 0 aromatic rings. The van der Waals surface area contributed by atoms with E-state index in [0.717, 1.165) is 6.42 Å². The van der Waals surface area contributed by atoms with Crippen molar-refractivity contribution in [1.29, 1.82) is 0 Å². The summed E-state index contributed by atoms with van der Waals surface area (Å²) in [6.07, 6.45) is 8.01. The molecule has 0 saturated heterocycles. The van der Waals surface area contributed by atoms with Crippen molar-refractivity contribution in [1.82, 2.24) is 0 Å². The van der Waals surface area contributed by atoms with Crippen LogP contribution in [0.5, 0.6) is 0 Å². The highest BCUT2D eigenvalue weighted by Gasteiger charge is 2.03. The van der Waals surface area contributed by atoms with Crippen molar-refractivity contribution in [3.05, 3.63) is 12.2 Å². The van der Waals surface area contributed by atoms with E-state index in [9.17, 15) is 4.79 Å². The summed E-state index contributed by atoms with van der Waals surface area (Å²) in [5.41, 5.74) is 0. The van der Waals surface area contributed by atoms with Gasteiger partial charge in [-0.25, -0.2) is 0 Å². The number of rotatable bonds is 7. The molecule has 14 heavy (non-hydrogen) atoms. The van der Waals surface area contributed by atoms with Crippen molar-refractivity contribution in [3.63, 3.8) is 0 Å². The normalized spacial score (nSPS) is 11.1. The highest BCUT2D eigenvalue weighted by Crippen LogP contribution is 2.01. The van der Waals surface area contributed by atoms with Gasteiger partial charge in [0.2, 0.25) is 0 Å². The summed E-state index contributed by atoms with van der Waals surface area (Å²) in [7, 11) is 0. The summed E-state index contributed by atoms with van der Waals surface area (Å²) in [5.74, 6) is 0.284. The minimum atomic E-state index is -0.0971. The van der Waals surface area contributed by atoms with Gasteiger partial charge < -0.3 is 4.74 Å². The van der Waals surface area contributed by atoms with Crippen LogP contribution in [0.4, 0.5) is 0 Å². The van der Waals surface area contributed by atoms with Crippen LogP contribution in [-0.4, -0.2) is 12.6 Å². The number of hydrogen-bond donors (Lipinski definition) is 0. The average Bonchev–Trinajstić information content (AvgIpc) is 2.10. The maximum absolute atomic E-state index is 11.1. The fraction of sp³-hybridized carbons (Fsp3) is 0.750. The van der Waals surface area contributed by atoms with E-state index < -0.39 is 0 Å². The Morgan fingerprint density at radius 2 is 2.07 bits per heavy atom. The number of allylic oxidation sites excluding steroid dienone is 1. The molecule has 0 N–H and O–H groups in total. The standard InChI is InChI=1S/C12H22O2/c1-4-5-6-7-8-9-14-12(13)10-11(2)3/h7-8,11H,4-6,9-10H2,1-3H3/b8-7+. The number of carbonyl (C=O) groups excluding carboxylic acids is 1. The number of carbonyl (C=O) groups is 1. The first-order valence-corrected chi connectivity index (χ1v) is 5.47. The molecule has 0 aliphatic rings. The van der Waals surface area contributed by atoms with Crippen molar-refractivity contribution in [2.75, 3.05) is 6.61 Å². The summed E-state index contributed by atoms with van der Waals surface area (Å²) in [4.78, 5) is 11.1. The van der Waals surface area contributed by atoms with Crippen molar-refractivity contribution < 1.29 is 9.53 Å². The molecule has 0 aliphatic heterocycles. The van der Waals surface area contributed by atoms with E-state index in [-0.39, 0.29) is 5.97 Å². The molecule has 0 unspecified atom stereocenters. The maximum atomic E-state index is 11.1. The predicted molar refractivity (Wildman–Crippen MR) is 59.1 cm³/mol. The molecular weight excluding hydrogens is 176 g/mol. The topological polar surface area (TPSA) is 26.3 Å². The molecule has 0 radical (unpaired) electrons. The van der Waals surface area contributed by atoms with Gasteiger partial charge in [-0.3, -0.25) is 4.79 Å². The highest BCUT2D eigenvalue weighted by molar-refractivity contribution is 5.69. The third kappa shape index (κ3) is 9.30. The molecule has 0 saturated carbocycles. The third-order valence-electron chi connectivity index (χ3n) is 1.81. The largest absolute Gasteiger partial charge is 0.461 e. The van der Waals surface area contributed by atoms with Crippen molar-refractivity contribution in [3.8, 4) is 0 Å². The van der Waals surface area contributed by atoms with E-state index in [1.165, 1.54) is 12.8 Å². The minimum absolute atomic E-state index is 0.0971. The molecule has 0 atom stereocenters. The smallest absolute Gasteiger partial charge is 0.306 e. The lowest BCUT2D eigenvalue weighted by Crippen LogP contribution is -2.07. The number of hydrogen-bond acceptors (Lipinski definition) is 2. The zero-order valence-corrected chi connectivity index (χ0v) is 9.58. The van der Waals surface area contributed by atoms with E-state index in [4.69, 9.17) is 4.74 Å². The fourth-order valence-electron chi connectivity index (χ4n) is 1.04. The molecule has 2 heteroatoms. The lowest BCUT2D eigenvalue weighted by atomic mass is 10.1. The second kappa shape index (κ2) is 8.79.